The highest BCUT2D eigenvalue weighted by atomic mass is 79.9. The van der Waals surface area contributed by atoms with Crippen LogP contribution in [0.3, 0.4) is 0 Å². The number of aromatic amines is 1. The molecule has 0 bridgehead atoms. The quantitative estimate of drug-likeness (QED) is 0.855. The topological polar surface area (TPSA) is 37.8 Å². The van der Waals surface area contributed by atoms with Gasteiger partial charge in [0.25, 0.3) is 5.56 Å². The molecule has 82 valence electrons. The lowest BCUT2D eigenvalue weighted by molar-refractivity contribution is 0.773. The summed E-state index contributed by atoms with van der Waals surface area (Å²) in [5.74, 6) is 0. The molecule has 0 atom stereocenters. The van der Waals surface area contributed by atoms with Gasteiger partial charge in [0.05, 0.1) is 5.69 Å². The maximum atomic E-state index is 11.7. The number of H-pyrrole nitrogens is 1. The van der Waals surface area contributed by atoms with Gasteiger partial charge < -0.3 is 0 Å². The van der Waals surface area contributed by atoms with Crippen LogP contribution in [0.15, 0.2) is 33.5 Å². The van der Waals surface area contributed by atoms with Gasteiger partial charge in [-0.1, -0.05) is 15.9 Å². The summed E-state index contributed by atoms with van der Waals surface area (Å²) in [7, 11) is 0. The lowest BCUT2D eigenvalue weighted by Gasteiger charge is -2.06. The molecule has 16 heavy (non-hydrogen) atoms. The highest BCUT2D eigenvalue weighted by Gasteiger charge is 2.20. The van der Waals surface area contributed by atoms with Crippen molar-refractivity contribution in [3.8, 4) is 5.69 Å². The Hall–Kier alpha value is -1.29. The number of nitrogens with zero attached hydrogens (tertiary/aromatic N) is 1. The van der Waals surface area contributed by atoms with Gasteiger partial charge in [-0.2, -0.15) is 0 Å². The van der Waals surface area contributed by atoms with Crippen molar-refractivity contribution in [3.05, 3.63) is 50.3 Å². The number of rotatable bonds is 1. The molecule has 1 heterocycles. The van der Waals surface area contributed by atoms with Crippen molar-refractivity contribution in [1.82, 2.24) is 9.78 Å². The van der Waals surface area contributed by atoms with Crippen LogP contribution in [0.5, 0.6) is 0 Å². The highest BCUT2D eigenvalue weighted by molar-refractivity contribution is 9.10. The molecule has 1 aliphatic carbocycles. The van der Waals surface area contributed by atoms with Crippen molar-refractivity contribution in [1.29, 1.82) is 0 Å². The van der Waals surface area contributed by atoms with Crippen LogP contribution in [0.2, 0.25) is 0 Å². The average Bonchev–Trinajstić information content (AvgIpc) is 2.84. The second-order valence-electron chi connectivity index (χ2n) is 4.03. The van der Waals surface area contributed by atoms with Gasteiger partial charge in [-0.15, -0.1) is 0 Å². The summed E-state index contributed by atoms with van der Waals surface area (Å²) in [6.07, 6.45) is 2.99. The fourth-order valence-corrected chi connectivity index (χ4v) is 2.53. The van der Waals surface area contributed by atoms with E-state index in [2.05, 4.69) is 21.0 Å². The number of aromatic nitrogens is 2. The predicted molar refractivity (Wildman–Crippen MR) is 66.1 cm³/mol. The lowest BCUT2D eigenvalue weighted by atomic mass is 10.3. The highest BCUT2D eigenvalue weighted by Crippen LogP contribution is 2.22. The number of hydrogen-bond acceptors (Lipinski definition) is 1. The Morgan fingerprint density at radius 1 is 1.19 bits per heavy atom. The summed E-state index contributed by atoms with van der Waals surface area (Å²) in [4.78, 5) is 11.7. The molecule has 1 N–H and O–H groups in total. The van der Waals surface area contributed by atoms with E-state index in [9.17, 15) is 4.79 Å². The maximum Gasteiger partial charge on any atom is 0.267 e. The van der Waals surface area contributed by atoms with Gasteiger partial charge in [0.2, 0.25) is 0 Å². The molecule has 0 unspecified atom stereocenters. The first kappa shape index (κ1) is 9.90. The molecule has 0 saturated carbocycles. The Morgan fingerprint density at radius 2 is 1.94 bits per heavy atom. The molecular formula is C12H11BrN2O. The molecule has 3 rings (SSSR count). The van der Waals surface area contributed by atoms with E-state index in [0.717, 1.165) is 40.7 Å². The number of benzene rings is 1. The molecule has 3 nitrogen and oxygen atoms in total. The van der Waals surface area contributed by atoms with Crippen LogP contribution in [0, 0.1) is 0 Å². The number of halogens is 1. The van der Waals surface area contributed by atoms with Crippen LogP contribution in [0.4, 0.5) is 0 Å². The second-order valence-corrected chi connectivity index (χ2v) is 4.95. The van der Waals surface area contributed by atoms with Crippen molar-refractivity contribution in [2.45, 2.75) is 19.3 Å². The Balaban J connectivity index is 2.17. The molecule has 4 heteroatoms. The van der Waals surface area contributed by atoms with Gasteiger partial charge in [0, 0.05) is 15.7 Å². The van der Waals surface area contributed by atoms with E-state index in [-0.39, 0.29) is 5.56 Å². The average molecular weight is 279 g/mol. The molecule has 0 fully saturated rings. The van der Waals surface area contributed by atoms with Crippen molar-refractivity contribution < 1.29 is 0 Å². The van der Waals surface area contributed by atoms with Gasteiger partial charge >= 0.3 is 0 Å². The monoisotopic (exact) mass is 278 g/mol. The van der Waals surface area contributed by atoms with Crippen LogP contribution in [0.25, 0.3) is 5.69 Å². The molecule has 0 spiro atoms. The normalized spacial score (nSPS) is 14.1. The van der Waals surface area contributed by atoms with Crippen LogP contribution in [0.1, 0.15) is 17.7 Å². The Morgan fingerprint density at radius 3 is 2.69 bits per heavy atom. The first-order valence-electron chi connectivity index (χ1n) is 5.34. The molecule has 2 aromatic rings. The van der Waals surface area contributed by atoms with Gasteiger partial charge in [-0.05, 0) is 43.5 Å². The van der Waals surface area contributed by atoms with E-state index in [1.807, 2.05) is 28.9 Å². The molecule has 1 aliphatic rings. The molecule has 0 radical (unpaired) electrons. The number of nitrogens with one attached hydrogen (secondary N) is 1. The molecule has 1 aromatic carbocycles. The minimum absolute atomic E-state index is 0.0652. The molecular weight excluding hydrogens is 268 g/mol. The third-order valence-electron chi connectivity index (χ3n) is 3.03. The summed E-state index contributed by atoms with van der Waals surface area (Å²) in [5.41, 5.74) is 3.19. The minimum atomic E-state index is 0.0652. The smallest absolute Gasteiger partial charge is 0.267 e. The fraction of sp³-hybridized carbons (Fsp3) is 0.250. The zero-order chi connectivity index (χ0) is 11.1. The number of hydrogen-bond donors (Lipinski definition) is 1. The minimum Gasteiger partial charge on any atom is -0.268 e. The maximum absolute atomic E-state index is 11.7. The van der Waals surface area contributed by atoms with Crippen molar-refractivity contribution in [2.75, 3.05) is 0 Å². The number of fused-ring (bicyclic) bond motifs is 1. The van der Waals surface area contributed by atoms with E-state index >= 15 is 0 Å². The zero-order valence-corrected chi connectivity index (χ0v) is 10.3. The summed E-state index contributed by atoms with van der Waals surface area (Å²) >= 11 is 3.40. The van der Waals surface area contributed by atoms with E-state index in [1.165, 1.54) is 0 Å². The van der Waals surface area contributed by atoms with Crippen molar-refractivity contribution in [3.63, 3.8) is 0 Å². The fourth-order valence-electron chi connectivity index (χ4n) is 2.27. The molecule has 0 amide bonds. The SMILES string of the molecule is O=c1[nH]n(-c2ccc(Br)cc2)c2c1CCC2. The standard InChI is InChI=1S/C12H11BrN2O/c13-8-4-6-9(7-5-8)15-11-3-1-2-10(11)12(16)14-15/h4-7H,1-3H2,(H,14,16). The van der Waals surface area contributed by atoms with Crippen molar-refractivity contribution in [2.24, 2.45) is 0 Å². The third kappa shape index (κ3) is 1.45. The van der Waals surface area contributed by atoms with Crippen LogP contribution < -0.4 is 5.56 Å². The van der Waals surface area contributed by atoms with Crippen LogP contribution >= 0.6 is 15.9 Å². The third-order valence-corrected chi connectivity index (χ3v) is 3.56. The van der Waals surface area contributed by atoms with Crippen LogP contribution in [-0.4, -0.2) is 9.78 Å². The van der Waals surface area contributed by atoms with E-state index < -0.39 is 0 Å². The summed E-state index contributed by atoms with van der Waals surface area (Å²) < 4.78 is 2.96. The largest absolute Gasteiger partial charge is 0.268 e. The molecule has 0 saturated heterocycles. The van der Waals surface area contributed by atoms with Gasteiger partial charge in [-0.25, -0.2) is 0 Å². The summed E-state index contributed by atoms with van der Waals surface area (Å²) in [6.45, 7) is 0. The Kier molecular flexibility index (Phi) is 2.24. The molecule has 0 aliphatic heterocycles. The van der Waals surface area contributed by atoms with Crippen molar-refractivity contribution >= 4 is 15.9 Å². The zero-order valence-electron chi connectivity index (χ0n) is 8.66. The second kappa shape index (κ2) is 3.63. The predicted octanol–water partition coefficient (Wildman–Crippen LogP) is 2.42. The summed E-state index contributed by atoms with van der Waals surface area (Å²) in [5, 5.41) is 2.90. The van der Waals surface area contributed by atoms with Gasteiger partial charge in [0.1, 0.15) is 0 Å². The lowest BCUT2D eigenvalue weighted by Crippen LogP contribution is -2.07. The van der Waals surface area contributed by atoms with Crippen LogP contribution in [-0.2, 0) is 12.8 Å². The first-order chi connectivity index (χ1) is 7.75. The van der Waals surface area contributed by atoms with Gasteiger partial charge in [0.15, 0.2) is 0 Å². The van der Waals surface area contributed by atoms with E-state index in [1.54, 1.807) is 0 Å². The first-order valence-corrected chi connectivity index (χ1v) is 6.14. The van der Waals surface area contributed by atoms with Gasteiger partial charge in [-0.3, -0.25) is 14.6 Å². The van der Waals surface area contributed by atoms with E-state index in [0.29, 0.717) is 0 Å². The Labute approximate surface area is 101 Å². The Bertz CT molecular complexity index is 580. The molecule has 1 aromatic heterocycles. The van der Waals surface area contributed by atoms with E-state index in [4.69, 9.17) is 0 Å². The summed E-state index contributed by atoms with van der Waals surface area (Å²) in [6, 6.07) is 7.96.